The molecule has 1 aliphatic rings. The lowest BCUT2D eigenvalue weighted by molar-refractivity contribution is 0.0948. The van der Waals surface area contributed by atoms with Gasteiger partial charge in [-0.2, -0.15) is 0 Å². The van der Waals surface area contributed by atoms with Gasteiger partial charge in [-0.3, -0.25) is 9.36 Å². The van der Waals surface area contributed by atoms with Gasteiger partial charge in [0, 0.05) is 31.5 Å². The van der Waals surface area contributed by atoms with Crippen molar-refractivity contribution in [3.8, 4) is 5.82 Å². The molecule has 7 nitrogen and oxygen atoms in total. The number of anilines is 1. The van der Waals surface area contributed by atoms with E-state index in [0.29, 0.717) is 23.8 Å². The van der Waals surface area contributed by atoms with Crippen LogP contribution < -0.4 is 10.2 Å². The molecule has 138 valence electrons. The Morgan fingerprint density at radius 3 is 2.74 bits per heavy atom. The predicted molar refractivity (Wildman–Crippen MR) is 103 cm³/mol. The van der Waals surface area contributed by atoms with Crippen molar-refractivity contribution < 1.29 is 4.79 Å². The topological polar surface area (TPSA) is 75.9 Å². The van der Waals surface area contributed by atoms with Gasteiger partial charge in [-0.25, -0.2) is 4.98 Å². The molecule has 3 aromatic rings. The van der Waals surface area contributed by atoms with Crippen molar-refractivity contribution in [2.24, 2.45) is 5.92 Å². The Balaban J connectivity index is 1.31. The number of hydrogen-bond donors (Lipinski definition) is 1. The van der Waals surface area contributed by atoms with E-state index in [1.54, 1.807) is 35.6 Å². The Labute approximate surface area is 158 Å². The monoisotopic (exact) mass is 362 g/mol. The van der Waals surface area contributed by atoms with E-state index in [2.05, 4.69) is 56.6 Å². The molecule has 1 aromatic carbocycles. The summed E-state index contributed by atoms with van der Waals surface area (Å²) in [6.45, 7) is 4.81. The third-order valence-corrected chi connectivity index (χ3v) is 4.99. The molecule has 0 spiro atoms. The first-order chi connectivity index (χ1) is 13.2. The number of carbonyl (C=O) groups is 1. The van der Waals surface area contributed by atoms with Crippen molar-refractivity contribution in [2.45, 2.75) is 13.3 Å². The molecule has 3 heterocycles. The third-order valence-electron chi connectivity index (χ3n) is 4.99. The highest BCUT2D eigenvalue weighted by atomic mass is 16.1. The van der Waals surface area contributed by atoms with Crippen LogP contribution in [0.15, 0.2) is 55.2 Å². The zero-order valence-corrected chi connectivity index (χ0v) is 15.2. The van der Waals surface area contributed by atoms with Gasteiger partial charge in [0.1, 0.15) is 18.5 Å². The number of hydrogen-bond acceptors (Lipinski definition) is 5. The third kappa shape index (κ3) is 3.81. The molecule has 1 N–H and O–H groups in total. The molecule has 1 aliphatic heterocycles. The van der Waals surface area contributed by atoms with Crippen LogP contribution in [-0.4, -0.2) is 45.3 Å². The second-order valence-electron chi connectivity index (χ2n) is 6.87. The summed E-state index contributed by atoms with van der Waals surface area (Å²) in [6, 6.07) is 12.0. The van der Waals surface area contributed by atoms with Gasteiger partial charge >= 0.3 is 0 Å². The number of benzene rings is 1. The van der Waals surface area contributed by atoms with Crippen LogP contribution in [0.3, 0.4) is 0 Å². The minimum absolute atomic E-state index is 0.0906. The zero-order valence-electron chi connectivity index (χ0n) is 15.2. The molecule has 0 saturated carbocycles. The number of pyridine rings is 1. The summed E-state index contributed by atoms with van der Waals surface area (Å²) >= 11 is 0. The van der Waals surface area contributed by atoms with E-state index in [9.17, 15) is 4.79 Å². The van der Waals surface area contributed by atoms with Gasteiger partial charge in [0.15, 0.2) is 0 Å². The maximum Gasteiger partial charge on any atom is 0.252 e. The smallest absolute Gasteiger partial charge is 0.252 e. The highest BCUT2D eigenvalue weighted by Crippen LogP contribution is 2.26. The molecular formula is C20H22N6O. The Hall–Kier alpha value is -3.22. The van der Waals surface area contributed by atoms with E-state index in [0.717, 1.165) is 19.5 Å². The average molecular weight is 362 g/mol. The molecule has 0 radical (unpaired) electrons. The summed E-state index contributed by atoms with van der Waals surface area (Å²) in [5.41, 5.74) is 3.14. The lowest BCUT2D eigenvalue weighted by Gasteiger charge is -2.21. The number of amides is 1. The Kier molecular flexibility index (Phi) is 4.82. The number of rotatable bonds is 5. The quantitative estimate of drug-likeness (QED) is 0.753. The number of aryl methyl sites for hydroxylation is 1. The van der Waals surface area contributed by atoms with Crippen molar-refractivity contribution in [3.63, 3.8) is 0 Å². The first-order valence-electron chi connectivity index (χ1n) is 9.10. The largest absolute Gasteiger partial charge is 0.371 e. The normalized spacial score (nSPS) is 16.5. The van der Waals surface area contributed by atoms with Crippen LogP contribution in [0, 0.1) is 12.8 Å². The molecule has 0 aliphatic carbocycles. The Bertz CT molecular complexity index is 906. The van der Waals surface area contributed by atoms with E-state index >= 15 is 0 Å². The van der Waals surface area contributed by atoms with Crippen LogP contribution in [0.1, 0.15) is 22.3 Å². The van der Waals surface area contributed by atoms with E-state index in [-0.39, 0.29) is 5.91 Å². The van der Waals surface area contributed by atoms with Gasteiger partial charge in [-0.05, 0) is 43.0 Å². The molecule has 1 unspecified atom stereocenters. The number of nitrogens with one attached hydrogen (secondary N) is 1. The van der Waals surface area contributed by atoms with Crippen LogP contribution in [0.4, 0.5) is 5.69 Å². The molecule has 4 rings (SSSR count). The summed E-state index contributed by atoms with van der Waals surface area (Å²) in [6.07, 6.45) is 5.81. The Morgan fingerprint density at radius 1 is 1.19 bits per heavy atom. The molecule has 2 aromatic heterocycles. The minimum Gasteiger partial charge on any atom is -0.371 e. The maximum absolute atomic E-state index is 12.4. The van der Waals surface area contributed by atoms with Crippen LogP contribution in [0.5, 0.6) is 0 Å². The van der Waals surface area contributed by atoms with E-state index < -0.39 is 0 Å². The molecule has 1 fully saturated rings. The van der Waals surface area contributed by atoms with E-state index in [4.69, 9.17) is 0 Å². The first-order valence-corrected chi connectivity index (χ1v) is 9.10. The summed E-state index contributed by atoms with van der Waals surface area (Å²) in [5.74, 6) is 1.05. The van der Waals surface area contributed by atoms with Crippen molar-refractivity contribution in [1.82, 2.24) is 25.1 Å². The predicted octanol–water partition coefficient (Wildman–Crippen LogP) is 2.23. The van der Waals surface area contributed by atoms with Crippen molar-refractivity contribution in [3.05, 3.63) is 66.4 Å². The average Bonchev–Trinajstić information content (AvgIpc) is 3.39. The molecular weight excluding hydrogens is 340 g/mol. The van der Waals surface area contributed by atoms with E-state index in [1.807, 2.05) is 0 Å². The maximum atomic E-state index is 12.4. The fourth-order valence-electron chi connectivity index (χ4n) is 3.47. The van der Waals surface area contributed by atoms with Gasteiger partial charge in [0.2, 0.25) is 0 Å². The fraction of sp³-hybridized carbons (Fsp3) is 0.300. The second kappa shape index (κ2) is 7.57. The SMILES string of the molecule is Cc1ccccc1N1CCC(CNC(=O)c2ccc(-n3cnnc3)nc2)C1. The molecule has 27 heavy (non-hydrogen) atoms. The number of para-hydroxylation sites is 1. The fourth-order valence-corrected chi connectivity index (χ4v) is 3.47. The molecule has 0 bridgehead atoms. The summed E-state index contributed by atoms with van der Waals surface area (Å²) in [7, 11) is 0. The van der Waals surface area contributed by atoms with Crippen molar-refractivity contribution >= 4 is 11.6 Å². The summed E-state index contributed by atoms with van der Waals surface area (Å²) in [5, 5.41) is 10.6. The number of nitrogens with zero attached hydrogens (tertiary/aromatic N) is 5. The lowest BCUT2D eigenvalue weighted by atomic mass is 10.1. The van der Waals surface area contributed by atoms with E-state index in [1.165, 1.54) is 11.3 Å². The lowest BCUT2D eigenvalue weighted by Crippen LogP contribution is -2.31. The summed E-state index contributed by atoms with van der Waals surface area (Å²) < 4.78 is 1.69. The highest BCUT2D eigenvalue weighted by Gasteiger charge is 2.24. The minimum atomic E-state index is -0.0906. The van der Waals surface area contributed by atoms with Crippen LogP contribution >= 0.6 is 0 Å². The first kappa shape index (κ1) is 17.2. The van der Waals surface area contributed by atoms with Gasteiger partial charge in [0.25, 0.3) is 5.91 Å². The van der Waals surface area contributed by atoms with Crippen molar-refractivity contribution in [2.75, 3.05) is 24.5 Å². The van der Waals surface area contributed by atoms with Gasteiger partial charge < -0.3 is 10.2 Å². The standard InChI is InChI=1S/C20H22N6O/c1-15-4-2-3-5-18(15)25-9-8-16(12-25)10-22-20(27)17-6-7-19(21-11-17)26-13-23-24-14-26/h2-7,11,13-14,16H,8-10,12H2,1H3,(H,22,27). The summed E-state index contributed by atoms with van der Waals surface area (Å²) in [4.78, 5) is 19.1. The number of aromatic nitrogens is 4. The molecule has 1 saturated heterocycles. The zero-order chi connectivity index (χ0) is 18.6. The number of carbonyl (C=O) groups excluding carboxylic acids is 1. The van der Waals surface area contributed by atoms with Crippen LogP contribution in [-0.2, 0) is 0 Å². The molecule has 1 amide bonds. The van der Waals surface area contributed by atoms with Gasteiger partial charge in [-0.1, -0.05) is 18.2 Å². The highest BCUT2D eigenvalue weighted by molar-refractivity contribution is 5.93. The van der Waals surface area contributed by atoms with Crippen LogP contribution in [0.2, 0.25) is 0 Å². The molecule has 1 atom stereocenters. The second-order valence-corrected chi connectivity index (χ2v) is 6.87. The molecule has 7 heteroatoms. The van der Waals surface area contributed by atoms with Gasteiger partial charge in [0.05, 0.1) is 5.56 Å². The van der Waals surface area contributed by atoms with Crippen LogP contribution in [0.25, 0.3) is 5.82 Å². The van der Waals surface area contributed by atoms with Crippen molar-refractivity contribution in [1.29, 1.82) is 0 Å². The van der Waals surface area contributed by atoms with Gasteiger partial charge in [-0.15, -0.1) is 10.2 Å². The Morgan fingerprint density at radius 2 is 2.00 bits per heavy atom.